The van der Waals surface area contributed by atoms with E-state index in [1.165, 1.54) is 0 Å². The molecule has 3 amide bonds. The van der Waals surface area contributed by atoms with Gasteiger partial charge in [-0.3, -0.25) is 19.7 Å². The van der Waals surface area contributed by atoms with E-state index >= 15 is 0 Å². The van der Waals surface area contributed by atoms with Gasteiger partial charge in [0.1, 0.15) is 6.04 Å². The van der Waals surface area contributed by atoms with Crippen LogP contribution in [0, 0.1) is 6.92 Å². The van der Waals surface area contributed by atoms with Gasteiger partial charge in [0.05, 0.1) is 0 Å². The fourth-order valence-electron chi connectivity index (χ4n) is 3.01. The Bertz CT molecular complexity index is 609. The normalized spacial score (nSPS) is 22.6. The van der Waals surface area contributed by atoms with Gasteiger partial charge in [-0.1, -0.05) is 18.2 Å². The quantitative estimate of drug-likeness (QED) is 0.769. The van der Waals surface area contributed by atoms with Crippen LogP contribution >= 0.6 is 0 Å². The molecule has 0 radical (unpaired) electrons. The predicted octanol–water partition coefficient (Wildman–Crippen LogP) is 0.799. The Morgan fingerprint density at radius 1 is 1.20 bits per heavy atom. The van der Waals surface area contributed by atoms with Crippen molar-refractivity contribution in [2.45, 2.75) is 32.2 Å². The van der Waals surface area contributed by atoms with E-state index in [1.54, 1.807) is 4.90 Å². The largest absolute Gasteiger partial charge is 0.326 e. The summed E-state index contributed by atoms with van der Waals surface area (Å²) >= 11 is 0. The molecule has 1 atom stereocenters. The van der Waals surface area contributed by atoms with E-state index in [0.29, 0.717) is 24.9 Å². The van der Waals surface area contributed by atoms with E-state index in [4.69, 9.17) is 0 Å². The average molecular weight is 272 g/mol. The van der Waals surface area contributed by atoms with Crippen LogP contribution in [0.2, 0.25) is 0 Å². The summed E-state index contributed by atoms with van der Waals surface area (Å²) in [5.41, 5.74) is 2.69. The SMILES string of the molecule is Cc1cccc2c1C(=O)N(C1CCC(=O)NC1=O)CC2. The first-order valence-corrected chi connectivity index (χ1v) is 6.81. The number of imide groups is 1. The molecule has 104 valence electrons. The van der Waals surface area contributed by atoms with Crippen molar-refractivity contribution < 1.29 is 14.4 Å². The minimum atomic E-state index is -0.520. The number of aryl methyl sites for hydroxylation is 1. The van der Waals surface area contributed by atoms with Crippen molar-refractivity contribution in [1.82, 2.24) is 10.2 Å². The highest BCUT2D eigenvalue weighted by Gasteiger charge is 2.37. The zero-order chi connectivity index (χ0) is 14.3. The van der Waals surface area contributed by atoms with Crippen LogP contribution in [-0.4, -0.2) is 35.2 Å². The zero-order valence-electron chi connectivity index (χ0n) is 11.3. The molecule has 1 saturated heterocycles. The van der Waals surface area contributed by atoms with Crippen molar-refractivity contribution in [1.29, 1.82) is 0 Å². The first kappa shape index (κ1) is 12.8. The number of carbonyl (C=O) groups excluding carboxylic acids is 3. The molecule has 2 aliphatic rings. The minimum Gasteiger partial charge on any atom is -0.326 e. The molecule has 2 heterocycles. The molecule has 0 spiro atoms. The molecule has 0 saturated carbocycles. The molecule has 0 aromatic heterocycles. The Balaban J connectivity index is 1.91. The molecular weight excluding hydrogens is 256 g/mol. The number of hydrogen-bond acceptors (Lipinski definition) is 3. The first-order valence-electron chi connectivity index (χ1n) is 6.81. The molecule has 20 heavy (non-hydrogen) atoms. The van der Waals surface area contributed by atoms with Crippen LogP contribution in [-0.2, 0) is 16.0 Å². The number of piperidine rings is 1. The second kappa shape index (κ2) is 4.74. The summed E-state index contributed by atoms with van der Waals surface area (Å²) in [7, 11) is 0. The van der Waals surface area contributed by atoms with Crippen LogP contribution in [0.3, 0.4) is 0 Å². The molecule has 1 fully saturated rings. The highest BCUT2D eigenvalue weighted by molar-refractivity contribution is 6.05. The highest BCUT2D eigenvalue weighted by Crippen LogP contribution is 2.25. The predicted molar refractivity (Wildman–Crippen MR) is 72.1 cm³/mol. The van der Waals surface area contributed by atoms with Crippen LogP contribution in [0.25, 0.3) is 0 Å². The molecule has 0 bridgehead atoms. The highest BCUT2D eigenvalue weighted by atomic mass is 16.2. The lowest BCUT2D eigenvalue weighted by atomic mass is 9.92. The van der Waals surface area contributed by atoms with Gasteiger partial charge in [0.2, 0.25) is 11.8 Å². The number of hydrogen-bond donors (Lipinski definition) is 1. The maximum atomic E-state index is 12.6. The summed E-state index contributed by atoms with van der Waals surface area (Å²) in [5, 5.41) is 2.31. The molecule has 1 aromatic rings. The van der Waals surface area contributed by atoms with E-state index in [2.05, 4.69) is 5.32 Å². The summed E-state index contributed by atoms with van der Waals surface area (Å²) in [5.74, 6) is -0.710. The smallest absolute Gasteiger partial charge is 0.255 e. The molecule has 2 aliphatic heterocycles. The Hall–Kier alpha value is -2.17. The standard InChI is InChI=1S/C15H16N2O3/c1-9-3-2-4-10-7-8-17(15(20)13(9)10)11-5-6-12(18)16-14(11)19/h2-4,11H,5-8H2,1H3,(H,16,18,19). The first-order chi connectivity index (χ1) is 9.58. The summed E-state index contributed by atoms with van der Waals surface area (Å²) in [4.78, 5) is 37.4. The molecule has 5 heteroatoms. The third-order valence-electron chi connectivity index (χ3n) is 4.04. The fourth-order valence-corrected chi connectivity index (χ4v) is 3.01. The number of amides is 3. The number of benzene rings is 1. The Kier molecular flexibility index (Phi) is 3.04. The van der Waals surface area contributed by atoms with Gasteiger partial charge >= 0.3 is 0 Å². The maximum Gasteiger partial charge on any atom is 0.255 e. The van der Waals surface area contributed by atoms with Gasteiger partial charge in [-0.15, -0.1) is 0 Å². The lowest BCUT2D eigenvalue weighted by molar-refractivity contribution is -0.136. The van der Waals surface area contributed by atoms with Gasteiger partial charge in [-0.05, 0) is 30.9 Å². The van der Waals surface area contributed by atoms with Crippen molar-refractivity contribution in [3.8, 4) is 0 Å². The van der Waals surface area contributed by atoms with Crippen LogP contribution in [0.5, 0.6) is 0 Å². The number of carbonyl (C=O) groups is 3. The number of nitrogens with one attached hydrogen (secondary N) is 1. The van der Waals surface area contributed by atoms with E-state index < -0.39 is 6.04 Å². The third-order valence-corrected chi connectivity index (χ3v) is 4.04. The number of rotatable bonds is 1. The van der Waals surface area contributed by atoms with E-state index in [0.717, 1.165) is 17.5 Å². The minimum absolute atomic E-state index is 0.0983. The molecule has 1 N–H and O–H groups in total. The van der Waals surface area contributed by atoms with Crippen LogP contribution in [0.4, 0.5) is 0 Å². The van der Waals surface area contributed by atoms with E-state index in [9.17, 15) is 14.4 Å². The van der Waals surface area contributed by atoms with Crippen LogP contribution in [0.15, 0.2) is 18.2 Å². The lowest BCUT2D eigenvalue weighted by Crippen LogP contribution is -2.56. The molecular formula is C15H16N2O3. The van der Waals surface area contributed by atoms with Crippen LogP contribution in [0.1, 0.15) is 34.3 Å². The van der Waals surface area contributed by atoms with E-state index in [1.807, 2.05) is 25.1 Å². The third kappa shape index (κ3) is 1.99. The molecule has 1 aromatic carbocycles. The van der Waals surface area contributed by atoms with Gasteiger partial charge in [-0.2, -0.15) is 0 Å². The van der Waals surface area contributed by atoms with Crippen LogP contribution < -0.4 is 5.32 Å². The molecule has 0 aliphatic carbocycles. The monoisotopic (exact) mass is 272 g/mol. The molecule has 5 nitrogen and oxygen atoms in total. The van der Waals surface area contributed by atoms with Crippen molar-refractivity contribution in [3.63, 3.8) is 0 Å². The zero-order valence-corrected chi connectivity index (χ0v) is 11.3. The Labute approximate surface area is 116 Å². The summed E-state index contributed by atoms with van der Waals surface area (Å²) < 4.78 is 0. The van der Waals surface area contributed by atoms with Crippen molar-refractivity contribution in [2.24, 2.45) is 0 Å². The second-order valence-corrected chi connectivity index (χ2v) is 5.32. The number of nitrogens with zero attached hydrogens (tertiary/aromatic N) is 1. The Morgan fingerprint density at radius 2 is 2.00 bits per heavy atom. The molecule has 1 unspecified atom stereocenters. The van der Waals surface area contributed by atoms with Gasteiger partial charge < -0.3 is 4.90 Å². The van der Waals surface area contributed by atoms with Gasteiger partial charge in [0.15, 0.2) is 0 Å². The van der Waals surface area contributed by atoms with Gasteiger partial charge in [-0.25, -0.2) is 0 Å². The average Bonchev–Trinajstić information content (AvgIpc) is 2.40. The number of fused-ring (bicyclic) bond motifs is 1. The maximum absolute atomic E-state index is 12.6. The summed E-state index contributed by atoms with van der Waals surface area (Å²) in [6, 6.07) is 5.29. The second-order valence-electron chi connectivity index (χ2n) is 5.32. The molecule has 3 rings (SSSR count). The van der Waals surface area contributed by atoms with Crippen molar-refractivity contribution in [2.75, 3.05) is 6.54 Å². The summed E-state index contributed by atoms with van der Waals surface area (Å²) in [6.07, 6.45) is 1.46. The van der Waals surface area contributed by atoms with Gasteiger partial charge in [0.25, 0.3) is 5.91 Å². The lowest BCUT2D eigenvalue weighted by Gasteiger charge is -2.36. The fraction of sp³-hybridized carbons (Fsp3) is 0.400. The van der Waals surface area contributed by atoms with E-state index in [-0.39, 0.29) is 17.7 Å². The van der Waals surface area contributed by atoms with Crippen molar-refractivity contribution in [3.05, 3.63) is 34.9 Å². The van der Waals surface area contributed by atoms with Crippen molar-refractivity contribution >= 4 is 17.7 Å². The van der Waals surface area contributed by atoms with Gasteiger partial charge in [0, 0.05) is 18.5 Å². The Morgan fingerprint density at radius 3 is 2.75 bits per heavy atom. The summed E-state index contributed by atoms with van der Waals surface area (Å²) in [6.45, 7) is 2.44. The topological polar surface area (TPSA) is 66.5 Å².